The molecule has 0 aromatic heterocycles. The van der Waals surface area contributed by atoms with Gasteiger partial charge in [-0.2, -0.15) is 0 Å². The van der Waals surface area contributed by atoms with Gasteiger partial charge in [0.2, 0.25) is 0 Å². The van der Waals surface area contributed by atoms with Crippen LogP contribution in [0.25, 0.3) is 0 Å². The number of hydrogen-bond acceptors (Lipinski definition) is 6. The number of carboxylic acids is 3. The standard InChI is InChI=1S/3C18H37N.3C18H36O2.Pd/c3*1-2-3-4-5-6-7-8-9-10-11-12-13-14-15-16-17-18-19;3*1-2-3-4-5-6-7-8-9-10-11-12-13-14-15-16-17-18(19)20;/h3*9-10H,2-8,11-19H2,1H3;3*2-17H2,1H3,(H,19,20);/b3*10-9-;;;;. The van der Waals surface area contributed by atoms with E-state index in [-0.39, 0.29) is 20.4 Å². The van der Waals surface area contributed by atoms with Crippen LogP contribution in [0.1, 0.15) is 619 Å². The maximum Gasteiger partial charge on any atom is 0.303 e. The van der Waals surface area contributed by atoms with Crippen LogP contribution in [-0.4, -0.2) is 52.9 Å². The van der Waals surface area contributed by atoms with Gasteiger partial charge in [-0.05, 0) is 135 Å². The van der Waals surface area contributed by atoms with Crippen LogP contribution >= 0.6 is 0 Å². The summed E-state index contributed by atoms with van der Waals surface area (Å²) in [7, 11) is 0. The maximum atomic E-state index is 10.3. The molecule has 0 bridgehead atoms. The molecule has 0 fully saturated rings. The molecule has 0 saturated carbocycles. The summed E-state index contributed by atoms with van der Waals surface area (Å²) in [6.45, 7) is 16.2. The van der Waals surface area contributed by atoms with E-state index in [1.54, 1.807) is 0 Å². The van der Waals surface area contributed by atoms with Crippen molar-refractivity contribution >= 4 is 17.9 Å². The van der Waals surface area contributed by atoms with Crippen molar-refractivity contribution in [2.75, 3.05) is 19.6 Å². The zero-order valence-corrected chi connectivity index (χ0v) is 82.9. The molecule has 0 aromatic carbocycles. The van der Waals surface area contributed by atoms with E-state index < -0.39 is 17.9 Å². The van der Waals surface area contributed by atoms with Crippen LogP contribution < -0.4 is 17.2 Å². The van der Waals surface area contributed by atoms with Crippen molar-refractivity contribution in [1.29, 1.82) is 0 Å². The molecule has 712 valence electrons. The molecule has 118 heavy (non-hydrogen) atoms. The Bertz CT molecular complexity index is 1600. The number of rotatable bonds is 93. The van der Waals surface area contributed by atoms with Crippen molar-refractivity contribution in [2.45, 2.75) is 619 Å². The van der Waals surface area contributed by atoms with Gasteiger partial charge in [-0.25, -0.2) is 0 Å². The topological polar surface area (TPSA) is 190 Å². The first-order valence-electron chi connectivity index (χ1n) is 53.3. The summed E-state index contributed by atoms with van der Waals surface area (Å²) in [5.74, 6) is -1.96. The average Bonchev–Trinajstić information content (AvgIpc) is 1.54. The fourth-order valence-corrected chi connectivity index (χ4v) is 15.1. The molecule has 9 nitrogen and oxygen atoms in total. The second kappa shape index (κ2) is 133. The fraction of sp³-hybridized carbons (Fsp3) is 0.917. The Balaban J connectivity index is -0.000000250. The average molecular weight is 1760 g/mol. The fourth-order valence-electron chi connectivity index (χ4n) is 15.1. The van der Waals surface area contributed by atoms with Gasteiger partial charge in [0, 0.05) is 39.7 Å². The number of hydrogen-bond donors (Lipinski definition) is 6. The normalized spacial score (nSPS) is 11.1. The molecule has 0 spiro atoms. The van der Waals surface area contributed by atoms with Crippen LogP contribution in [-0.2, 0) is 34.8 Å². The first kappa shape index (κ1) is 129. The molecule has 0 aromatic rings. The number of unbranched alkanes of at least 4 members (excludes halogenated alkanes) is 78. The minimum Gasteiger partial charge on any atom is -0.481 e. The van der Waals surface area contributed by atoms with Crippen LogP contribution in [0.2, 0.25) is 0 Å². The van der Waals surface area contributed by atoms with Crippen LogP contribution in [0.15, 0.2) is 36.5 Å². The van der Waals surface area contributed by atoms with E-state index in [1.165, 1.54) is 520 Å². The Morgan fingerprint density at radius 2 is 0.254 bits per heavy atom. The Labute approximate surface area is 755 Å². The van der Waals surface area contributed by atoms with Crippen molar-refractivity contribution in [3.8, 4) is 0 Å². The molecule has 10 heteroatoms. The third kappa shape index (κ3) is 155. The molecule has 0 heterocycles. The molecular formula is C108H219N3O6Pd. The molecule has 0 saturated heterocycles. The van der Waals surface area contributed by atoms with Gasteiger partial charge in [-0.15, -0.1) is 0 Å². The van der Waals surface area contributed by atoms with Crippen molar-refractivity contribution in [3.05, 3.63) is 36.5 Å². The van der Waals surface area contributed by atoms with E-state index in [0.29, 0.717) is 19.3 Å². The van der Waals surface area contributed by atoms with Gasteiger partial charge in [0.05, 0.1) is 0 Å². The Hall–Kier alpha value is -1.83. The van der Waals surface area contributed by atoms with Crippen LogP contribution in [0.5, 0.6) is 0 Å². The SMILES string of the molecule is CCCCCCCC/C=C\CCCCCCCCN.CCCCCCCC/C=C\CCCCCCCCN.CCCCCCCC/C=C\CCCCCCCCN.CCCCCCCCCCCCCCCCCC(=O)O.CCCCCCCCCCCCCCCCCC(=O)O.CCCCCCCCCCCCCCCCCC(=O)O.[Pd]. The first-order valence-corrected chi connectivity index (χ1v) is 53.3. The van der Waals surface area contributed by atoms with Gasteiger partial charge in [-0.1, -0.05) is 521 Å². The van der Waals surface area contributed by atoms with Crippen LogP contribution in [0.4, 0.5) is 0 Å². The van der Waals surface area contributed by atoms with Crippen molar-refractivity contribution in [3.63, 3.8) is 0 Å². The van der Waals surface area contributed by atoms with Crippen LogP contribution in [0.3, 0.4) is 0 Å². The third-order valence-corrected chi connectivity index (χ3v) is 23.1. The Morgan fingerprint density at radius 1 is 0.161 bits per heavy atom. The van der Waals surface area contributed by atoms with E-state index in [1.807, 2.05) is 0 Å². The van der Waals surface area contributed by atoms with Crippen molar-refractivity contribution in [2.24, 2.45) is 17.2 Å². The Kier molecular flexibility index (Phi) is 146. The van der Waals surface area contributed by atoms with E-state index in [4.69, 9.17) is 32.5 Å². The molecule has 0 rings (SSSR count). The molecule has 0 radical (unpaired) electrons. The third-order valence-electron chi connectivity index (χ3n) is 23.1. The van der Waals surface area contributed by atoms with Crippen molar-refractivity contribution < 1.29 is 50.1 Å². The molecule has 0 aliphatic heterocycles. The van der Waals surface area contributed by atoms with Crippen LogP contribution in [0, 0.1) is 0 Å². The predicted molar refractivity (Wildman–Crippen MR) is 527 cm³/mol. The molecule has 0 aliphatic carbocycles. The van der Waals surface area contributed by atoms with E-state index in [0.717, 1.165) is 58.2 Å². The van der Waals surface area contributed by atoms with E-state index in [9.17, 15) is 14.4 Å². The second-order valence-electron chi connectivity index (χ2n) is 35.5. The summed E-state index contributed by atoms with van der Waals surface area (Å²) in [5, 5.41) is 25.6. The quantitative estimate of drug-likeness (QED) is 0.0196. The summed E-state index contributed by atoms with van der Waals surface area (Å²) in [5.41, 5.74) is 16.4. The second-order valence-corrected chi connectivity index (χ2v) is 35.5. The number of nitrogens with two attached hydrogens (primary N) is 3. The summed E-state index contributed by atoms with van der Waals surface area (Å²) in [6.07, 6.45) is 132. The minimum absolute atomic E-state index is 0. The number of aliphatic carboxylic acids is 3. The monoisotopic (exact) mass is 1760 g/mol. The molecular weight excluding hydrogens is 1540 g/mol. The summed E-state index contributed by atoms with van der Waals surface area (Å²) < 4.78 is 0. The zero-order chi connectivity index (χ0) is 86.7. The largest absolute Gasteiger partial charge is 0.481 e. The van der Waals surface area contributed by atoms with Gasteiger partial charge in [-0.3, -0.25) is 14.4 Å². The number of allylic oxidation sites excluding steroid dienone is 6. The van der Waals surface area contributed by atoms with Gasteiger partial charge >= 0.3 is 17.9 Å². The number of carbonyl (C=O) groups is 3. The molecule has 0 aliphatic rings. The number of carboxylic acid groups (broad SMARTS) is 3. The van der Waals surface area contributed by atoms with Gasteiger partial charge in [0.25, 0.3) is 0 Å². The Morgan fingerprint density at radius 3 is 0.356 bits per heavy atom. The molecule has 0 amide bonds. The van der Waals surface area contributed by atoms with E-state index in [2.05, 4.69) is 78.0 Å². The molecule has 0 unspecified atom stereocenters. The first-order chi connectivity index (χ1) is 57.6. The van der Waals surface area contributed by atoms with Gasteiger partial charge in [0.15, 0.2) is 0 Å². The predicted octanol–water partition coefficient (Wildman–Crippen LogP) is 36.9. The molecule has 9 N–H and O–H groups in total. The zero-order valence-electron chi connectivity index (χ0n) is 81.3. The summed E-state index contributed by atoms with van der Waals surface area (Å²) in [6, 6.07) is 0. The smallest absolute Gasteiger partial charge is 0.303 e. The summed E-state index contributed by atoms with van der Waals surface area (Å²) in [4.78, 5) is 31.0. The molecule has 0 atom stereocenters. The van der Waals surface area contributed by atoms with Gasteiger partial charge in [0.1, 0.15) is 0 Å². The maximum absolute atomic E-state index is 10.3. The minimum atomic E-state index is -0.653. The van der Waals surface area contributed by atoms with E-state index >= 15 is 0 Å². The summed E-state index contributed by atoms with van der Waals surface area (Å²) >= 11 is 0. The van der Waals surface area contributed by atoms with Gasteiger partial charge < -0.3 is 32.5 Å². The van der Waals surface area contributed by atoms with Crippen molar-refractivity contribution in [1.82, 2.24) is 0 Å².